The van der Waals surface area contributed by atoms with Crippen molar-refractivity contribution in [3.05, 3.63) is 77.5 Å². The normalized spacial score (nSPS) is 10.2. The minimum Gasteiger partial charge on any atom is -0.355 e. The van der Waals surface area contributed by atoms with E-state index in [4.69, 9.17) is 10.9 Å². The molecule has 0 radical (unpaired) electrons. The molecule has 0 saturated heterocycles. The second-order valence-corrected chi connectivity index (χ2v) is 6.56. The number of carbonyl (C=O) groups excluding carboxylic acids is 2. The molecule has 1 heterocycles. The fraction of sp³-hybridized carbons (Fsp3) is 0.174. The molecule has 0 aliphatic heterocycles. The summed E-state index contributed by atoms with van der Waals surface area (Å²) in [6.07, 6.45) is 5.40. The van der Waals surface area contributed by atoms with Crippen LogP contribution >= 0.6 is 0 Å². The molecule has 0 spiro atoms. The minimum atomic E-state index is -0.486. The van der Waals surface area contributed by atoms with Gasteiger partial charge in [0, 0.05) is 18.2 Å². The lowest BCUT2D eigenvalue weighted by molar-refractivity contribution is -0.130. The largest absolute Gasteiger partial charge is 0.355 e. The first-order valence-electron chi connectivity index (χ1n) is 9.14. The van der Waals surface area contributed by atoms with Crippen molar-refractivity contribution in [3.63, 3.8) is 0 Å². The second kappa shape index (κ2) is 9.38. The van der Waals surface area contributed by atoms with Gasteiger partial charge in [0.05, 0.1) is 13.1 Å². The summed E-state index contributed by atoms with van der Waals surface area (Å²) in [5, 5.41) is 6.36. The number of hydrogen-bond donors (Lipinski definition) is 1. The van der Waals surface area contributed by atoms with Gasteiger partial charge in [-0.25, -0.2) is 0 Å². The first kappa shape index (κ1) is 19.9. The van der Waals surface area contributed by atoms with Crippen molar-refractivity contribution < 1.29 is 14.1 Å². The van der Waals surface area contributed by atoms with Crippen LogP contribution in [0.1, 0.15) is 21.6 Å². The van der Waals surface area contributed by atoms with Crippen molar-refractivity contribution in [2.24, 2.45) is 0 Å². The first-order valence-corrected chi connectivity index (χ1v) is 9.14. The molecule has 6 nitrogen and oxygen atoms in total. The Kier molecular flexibility index (Phi) is 6.43. The number of hydrogen-bond acceptors (Lipinski definition) is 4. The van der Waals surface area contributed by atoms with Crippen LogP contribution in [0.5, 0.6) is 0 Å². The molecule has 0 aliphatic carbocycles. The van der Waals surface area contributed by atoms with Crippen LogP contribution in [-0.4, -0.2) is 35.0 Å². The Morgan fingerprint density at radius 3 is 2.55 bits per heavy atom. The number of rotatable bonds is 7. The molecule has 6 heteroatoms. The van der Waals surface area contributed by atoms with E-state index in [9.17, 15) is 9.59 Å². The molecule has 0 fully saturated rings. The Bertz CT molecular complexity index is 1020. The predicted molar refractivity (Wildman–Crippen MR) is 110 cm³/mol. The van der Waals surface area contributed by atoms with Crippen molar-refractivity contribution in [2.75, 3.05) is 13.1 Å². The Hall–Kier alpha value is -3.85. The van der Waals surface area contributed by atoms with Crippen LogP contribution in [0.2, 0.25) is 0 Å². The molecule has 2 aromatic carbocycles. The Labute approximate surface area is 169 Å². The third kappa shape index (κ3) is 5.33. The van der Waals surface area contributed by atoms with E-state index >= 15 is 0 Å². The van der Waals surface area contributed by atoms with Crippen LogP contribution in [0.4, 0.5) is 0 Å². The van der Waals surface area contributed by atoms with Crippen molar-refractivity contribution in [1.29, 1.82) is 0 Å². The van der Waals surface area contributed by atoms with Crippen LogP contribution in [0.3, 0.4) is 0 Å². The molecule has 29 heavy (non-hydrogen) atoms. The maximum Gasteiger partial charge on any atom is 0.273 e. The van der Waals surface area contributed by atoms with Crippen LogP contribution in [0, 0.1) is 19.3 Å². The highest BCUT2D eigenvalue weighted by Gasteiger charge is 2.17. The van der Waals surface area contributed by atoms with E-state index in [0.29, 0.717) is 12.3 Å². The molecule has 0 aliphatic rings. The van der Waals surface area contributed by atoms with Gasteiger partial charge in [-0.3, -0.25) is 9.59 Å². The molecule has 3 rings (SSSR count). The Balaban J connectivity index is 1.59. The first-order chi connectivity index (χ1) is 14.1. The van der Waals surface area contributed by atoms with Gasteiger partial charge in [0.25, 0.3) is 5.91 Å². The number of aromatic nitrogens is 1. The molecular weight excluding hydrogens is 366 g/mol. The molecule has 3 aromatic rings. The highest BCUT2D eigenvalue weighted by atomic mass is 16.5. The number of nitrogens with zero attached hydrogens (tertiary/aromatic N) is 2. The number of benzene rings is 2. The SMILES string of the molecule is C#CCN(Cc1ccc(C)cc1)C(=O)CNC(=O)c1cc(-c2ccccc2)on1. The number of carbonyl (C=O) groups is 2. The van der Waals surface area contributed by atoms with Gasteiger partial charge >= 0.3 is 0 Å². The summed E-state index contributed by atoms with van der Waals surface area (Å²) in [4.78, 5) is 26.4. The van der Waals surface area contributed by atoms with Crippen LogP contribution in [0.15, 0.2) is 65.2 Å². The molecule has 1 aromatic heterocycles. The van der Waals surface area contributed by atoms with Crippen molar-refractivity contribution in [3.8, 4) is 23.7 Å². The summed E-state index contributed by atoms with van der Waals surface area (Å²) >= 11 is 0. The molecule has 0 saturated carbocycles. The van der Waals surface area contributed by atoms with Crippen molar-refractivity contribution in [1.82, 2.24) is 15.4 Å². The summed E-state index contributed by atoms with van der Waals surface area (Å²) in [6.45, 7) is 2.35. The van der Waals surface area contributed by atoms with E-state index in [1.165, 1.54) is 4.90 Å². The van der Waals surface area contributed by atoms with Crippen LogP contribution in [-0.2, 0) is 11.3 Å². The summed E-state index contributed by atoms with van der Waals surface area (Å²) < 4.78 is 5.22. The van der Waals surface area contributed by atoms with Gasteiger partial charge < -0.3 is 14.7 Å². The summed E-state index contributed by atoms with van der Waals surface area (Å²) in [5.74, 6) is 2.21. The number of aryl methyl sites for hydroxylation is 1. The quantitative estimate of drug-likeness (QED) is 0.633. The van der Waals surface area contributed by atoms with E-state index < -0.39 is 5.91 Å². The van der Waals surface area contributed by atoms with Crippen LogP contribution < -0.4 is 5.32 Å². The van der Waals surface area contributed by atoms with Gasteiger partial charge in [-0.05, 0) is 12.5 Å². The molecule has 0 bridgehead atoms. The predicted octanol–water partition coefficient (Wildman–Crippen LogP) is 3.04. The maximum absolute atomic E-state index is 12.5. The zero-order valence-corrected chi connectivity index (χ0v) is 16.1. The molecular formula is C23H21N3O3. The van der Waals surface area contributed by atoms with Gasteiger partial charge in [-0.15, -0.1) is 6.42 Å². The van der Waals surface area contributed by atoms with E-state index in [2.05, 4.69) is 16.4 Å². The zero-order chi connectivity index (χ0) is 20.6. The summed E-state index contributed by atoms with van der Waals surface area (Å²) in [5.41, 5.74) is 3.03. The topological polar surface area (TPSA) is 75.4 Å². The highest BCUT2D eigenvalue weighted by Crippen LogP contribution is 2.19. The highest BCUT2D eigenvalue weighted by molar-refractivity contribution is 5.95. The molecule has 1 N–H and O–H groups in total. The van der Waals surface area contributed by atoms with Gasteiger partial charge in [0.1, 0.15) is 0 Å². The summed E-state index contributed by atoms with van der Waals surface area (Å²) in [7, 11) is 0. The monoisotopic (exact) mass is 387 g/mol. The van der Waals surface area contributed by atoms with E-state index in [-0.39, 0.29) is 24.7 Å². The number of amides is 2. The maximum atomic E-state index is 12.5. The van der Waals surface area contributed by atoms with E-state index in [1.54, 1.807) is 6.07 Å². The average Bonchev–Trinajstić information content (AvgIpc) is 3.24. The third-order valence-corrected chi connectivity index (χ3v) is 4.33. The lowest BCUT2D eigenvalue weighted by atomic mass is 10.1. The number of nitrogens with one attached hydrogen (secondary N) is 1. The van der Waals surface area contributed by atoms with Crippen LogP contribution in [0.25, 0.3) is 11.3 Å². The molecule has 146 valence electrons. The lowest BCUT2D eigenvalue weighted by Crippen LogP contribution is -2.40. The fourth-order valence-electron chi connectivity index (χ4n) is 2.74. The Morgan fingerprint density at radius 2 is 1.86 bits per heavy atom. The Morgan fingerprint density at radius 1 is 1.14 bits per heavy atom. The van der Waals surface area contributed by atoms with E-state index in [0.717, 1.165) is 16.7 Å². The standard InChI is InChI=1S/C23H21N3O3/c1-3-13-26(16-18-11-9-17(2)10-12-18)22(27)15-24-23(28)20-14-21(29-25-20)19-7-5-4-6-8-19/h1,4-12,14H,13,15-16H2,2H3,(H,24,28). The van der Waals surface area contributed by atoms with E-state index in [1.807, 2.05) is 61.5 Å². The van der Waals surface area contributed by atoms with Crippen molar-refractivity contribution in [2.45, 2.75) is 13.5 Å². The van der Waals surface area contributed by atoms with Gasteiger partial charge in [-0.2, -0.15) is 0 Å². The number of terminal acetylenes is 1. The fourth-order valence-corrected chi connectivity index (χ4v) is 2.74. The van der Waals surface area contributed by atoms with Gasteiger partial charge in [0.15, 0.2) is 11.5 Å². The third-order valence-electron chi connectivity index (χ3n) is 4.33. The zero-order valence-electron chi connectivity index (χ0n) is 16.1. The second-order valence-electron chi connectivity index (χ2n) is 6.56. The molecule has 0 atom stereocenters. The van der Waals surface area contributed by atoms with Gasteiger partial charge in [0.2, 0.25) is 5.91 Å². The van der Waals surface area contributed by atoms with Gasteiger partial charge in [-0.1, -0.05) is 71.2 Å². The average molecular weight is 387 g/mol. The molecule has 0 unspecified atom stereocenters. The van der Waals surface area contributed by atoms with Crippen molar-refractivity contribution >= 4 is 11.8 Å². The minimum absolute atomic E-state index is 0.110. The molecule has 2 amide bonds. The summed E-state index contributed by atoms with van der Waals surface area (Å²) in [6, 6.07) is 18.7. The smallest absolute Gasteiger partial charge is 0.273 e. The lowest BCUT2D eigenvalue weighted by Gasteiger charge is -2.20.